The molecule has 3 fully saturated rings. The van der Waals surface area contributed by atoms with E-state index in [9.17, 15) is 29.4 Å². The van der Waals surface area contributed by atoms with E-state index in [1.54, 1.807) is 4.90 Å². The van der Waals surface area contributed by atoms with Crippen LogP contribution in [0.25, 0.3) is 0 Å². The van der Waals surface area contributed by atoms with Crippen molar-refractivity contribution in [3.05, 3.63) is 35.4 Å². The van der Waals surface area contributed by atoms with E-state index in [1.165, 1.54) is 4.90 Å². The van der Waals surface area contributed by atoms with Crippen LogP contribution in [0.15, 0.2) is 24.3 Å². The Morgan fingerprint density at radius 2 is 1.38 bits per heavy atom. The summed E-state index contributed by atoms with van der Waals surface area (Å²) in [5.41, 5.74) is -0.932. The lowest BCUT2D eigenvalue weighted by atomic mass is 9.86. The van der Waals surface area contributed by atoms with Gasteiger partial charge in [0.1, 0.15) is 10.8 Å². The van der Waals surface area contributed by atoms with E-state index >= 15 is 0 Å². The van der Waals surface area contributed by atoms with Gasteiger partial charge in [-0.1, -0.05) is 32.9 Å². The molecular weight excluding hydrogens is 412 g/mol. The number of hydrogen-bond acceptors (Lipinski definition) is 4. The largest absolute Gasteiger partial charge is 0.481 e. The fourth-order valence-corrected chi connectivity index (χ4v) is 5.33. The summed E-state index contributed by atoms with van der Waals surface area (Å²) in [5.74, 6) is -2.87. The fourth-order valence-electron chi connectivity index (χ4n) is 5.33. The van der Waals surface area contributed by atoms with Crippen LogP contribution in [0.4, 0.5) is 0 Å². The zero-order chi connectivity index (χ0) is 23.5. The van der Waals surface area contributed by atoms with Gasteiger partial charge in [0.05, 0.1) is 0 Å². The van der Waals surface area contributed by atoms with Crippen molar-refractivity contribution in [3.8, 4) is 0 Å². The Morgan fingerprint density at radius 1 is 0.875 bits per heavy atom. The highest BCUT2D eigenvalue weighted by atomic mass is 16.4. The molecule has 0 radical (unpaired) electrons. The third kappa shape index (κ3) is 3.36. The standard InChI is InChI=1S/C24H30N2O6/c1-22(2,3)17-6-4-15(5-7-17)18(27)25-10-8-16(9-11-25)19(28)26-13-23(20(29)30)12-24(23,14-26)21(31)32/h4-7,16H,8-14H2,1-3H3,(H,29,30)(H,31,32)/t23-,24+. The molecule has 172 valence electrons. The Hall–Kier alpha value is -2.90. The minimum atomic E-state index is -1.36. The molecule has 2 atom stereocenters. The summed E-state index contributed by atoms with van der Waals surface area (Å²) in [7, 11) is 0. The second-order valence-corrected chi connectivity index (χ2v) is 10.5. The predicted octanol–water partition coefficient (Wildman–Crippen LogP) is 2.22. The van der Waals surface area contributed by atoms with Gasteiger partial charge < -0.3 is 20.0 Å². The number of carbonyl (C=O) groups is 4. The predicted molar refractivity (Wildman–Crippen MR) is 115 cm³/mol. The van der Waals surface area contributed by atoms with Crippen LogP contribution in [0.5, 0.6) is 0 Å². The first-order valence-corrected chi connectivity index (χ1v) is 11.1. The molecule has 2 amide bonds. The molecule has 0 spiro atoms. The Balaban J connectivity index is 1.36. The third-order valence-electron chi connectivity index (χ3n) is 7.58. The molecule has 2 saturated heterocycles. The van der Waals surface area contributed by atoms with Crippen molar-refractivity contribution in [2.45, 2.75) is 45.4 Å². The van der Waals surface area contributed by atoms with E-state index in [-0.39, 0.29) is 42.7 Å². The van der Waals surface area contributed by atoms with E-state index in [4.69, 9.17) is 0 Å². The van der Waals surface area contributed by atoms with Gasteiger partial charge in [-0.3, -0.25) is 19.2 Å². The first kappa shape index (κ1) is 22.3. The average Bonchev–Trinajstić information content (AvgIpc) is 3.30. The number of likely N-dealkylation sites (tertiary alicyclic amines) is 2. The maximum absolute atomic E-state index is 13.0. The SMILES string of the molecule is CC(C)(C)c1ccc(C(=O)N2CCC(C(=O)N3C[C@@]4(C(=O)O)C[C@@]4(C(=O)O)C3)CC2)cc1. The zero-order valence-corrected chi connectivity index (χ0v) is 18.8. The second-order valence-electron chi connectivity index (χ2n) is 10.5. The Bertz CT molecular complexity index is 945. The molecule has 4 rings (SSSR count). The van der Waals surface area contributed by atoms with E-state index in [1.807, 2.05) is 24.3 Å². The van der Waals surface area contributed by atoms with Crippen LogP contribution in [0.3, 0.4) is 0 Å². The highest BCUT2D eigenvalue weighted by molar-refractivity contribution is 5.97. The van der Waals surface area contributed by atoms with Gasteiger partial charge in [-0.05, 0) is 42.4 Å². The number of piperidine rings is 2. The number of aliphatic carboxylic acids is 2. The van der Waals surface area contributed by atoms with E-state index < -0.39 is 22.8 Å². The van der Waals surface area contributed by atoms with E-state index in [0.29, 0.717) is 31.5 Å². The van der Waals surface area contributed by atoms with Crippen LogP contribution in [0.1, 0.15) is 56.0 Å². The van der Waals surface area contributed by atoms with Gasteiger partial charge in [0.15, 0.2) is 0 Å². The van der Waals surface area contributed by atoms with Crippen molar-refractivity contribution in [2.24, 2.45) is 16.7 Å². The lowest BCUT2D eigenvalue weighted by Gasteiger charge is -2.34. The molecule has 0 aromatic heterocycles. The molecule has 3 aliphatic rings. The fraction of sp³-hybridized carbons (Fsp3) is 0.583. The first-order valence-electron chi connectivity index (χ1n) is 11.1. The number of carboxylic acid groups (broad SMARTS) is 2. The van der Waals surface area contributed by atoms with Crippen LogP contribution in [-0.2, 0) is 19.8 Å². The Morgan fingerprint density at radius 3 is 1.81 bits per heavy atom. The molecule has 8 nitrogen and oxygen atoms in total. The van der Waals surface area contributed by atoms with Gasteiger partial charge in [0, 0.05) is 37.7 Å². The van der Waals surface area contributed by atoms with Crippen molar-refractivity contribution in [1.82, 2.24) is 9.80 Å². The molecular formula is C24H30N2O6. The minimum Gasteiger partial charge on any atom is -0.481 e. The third-order valence-corrected chi connectivity index (χ3v) is 7.58. The molecule has 1 aliphatic carbocycles. The first-order chi connectivity index (χ1) is 14.9. The van der Waals surface area contributed by atoms with Crippen LogP contribution in [0, 0.1) is 16.7 Å². The summed E-state index contributed by atoms with van der Waals surface area (Å²) in [5, 5.41) is 19.1. The van der Waals surface area contributed by atoms with Gasteiger partial charge in [-0.2, -0.15) is 0 Å². The number of amides is 2. The monoisotopic (exact) mass is 442 g/mol. The summed E-state index contributed by atoms with van der Waals surface area (Å²) in [6.45, 7) is 7.14. The highest BCUT2D eigenvalue weighted by Gasteiger charge is 2.81. The topological polar surface area (TPSA) is 115 Å². The van der Waals surface area contributed by atoms with Gasteiger partial charge in [-0.15, -0.1) is 0 Å². The van der Waals surface area contributed by atoms with Crippen molar-refractivity contribution >= 4 is 23.8 Å². The average molecular weight is 443 g/mol. The molecule has 1 saturated carbocycles. The zero-order valence-electron chi connectivity index (χ0n) is 18.8. The van der Waals surface area contributed by atoms with Crippen molar-refractivity contribution < 1.29 is 29.4 Å². The minimum absolute atomic E-state index is 0.00882. The number of nitrogens with zero attached hydrogens (tertiary/aromatic N) is 2. The van der Waals surface area contributed by atoms with Crippen LogP contribution >= 0.6 is 0 Å². The number of rotatable bonds is 4. The number of carboxylic acids is 2. The normalized spacial score (nSPS) is 27.7. The van der Waals surface area contributed by atoms with Crippen molar-refractivity contribution in [2.75, 3.05) is 26.2 Å². The number of hydrogen-bond donors (Lipinski definition) is 2. The van der Waals surface area contributed by atoms with Crippen LogP contribution in [0.2, 0.25) is 0 Å². The van der Waals surface area contributed by atoms with E-state index in [2.05, 4.69) is 20.8 Å². The van der Waals surface area contributed by atoms with Gasteiger partial charge in [0.2, 0.25) is 5.91 Å². The molecule has 1 aromatic carbocycles. The number of fused-ring (bicyclic) bond motifs is 1. The van der Waals surface area contributed by atoms with Crippen LogP contribution in [-0.4, -0.2) is 69.9 Å². The molecule has 2 aliphatic heterocycles. The molecule has 0 unspecified atom stereocenters. The summed E-state index contributed by atoms with van der Waals surface area (Å²) >= 11 is 0. The van der Waals surface area contributed by atoms with Crippen molar-refractivity contribution in [3.63, 3.8) is 0 Å². The summed E-state index contributed by atoms with van der Waals surface area (Å²) in [6.07, 6.45) is 1.05. The quantitative estimate of drug-likeness (QED) is 0.739. The summed E-state index contributed by atoms with van der Waals surface area (Å²) in [4.78, 5) is 52.5. The van der Waals surface area contributed by atoms with Gasteiger partial charge in [-0.25, -0.2) is 0 Å². The maximum Gasteiger partial charge on any atom is 0.312 e. The molecule has 0 bridgehead atoms. The maximum atomic E-state index is 13.0. The Kier molecular flexibility index (Phi) is 5.10. The van der Waals surface area contributed by atoms with Gasteiger partial charge >= 0.3 is 11.9 Å². The lowest BCUT2D eigenvalue weighted by Crippen LogP contribution is -2.45. The molecule has 32 heavy (non-hydrogen) atoms. The smallest absolute Gasteiger partial charge is 0.312 e. The van der Waals surface area contributed by atoms with Crippen molar-refractivity contribution in [1.29, 1.82) is 0 Å². The molecule has 8 heteroatoms. The number of benzene rings is 1. The highest BCUT2D eigenvalue weighted by Crippen LogP contribution is 2.68. The molecule has 2 heterocycles. The summed E-state index contributed by atoms with van der Waals surface area (Å²) in [6, 6.07) is 7.62. The molecule has 1 aromatic rings. The van der Waals surface area contributed by atoms with E-state index in [0.717, 1.165) is 5.56 Å². The lowest BCUT2D eigenvalue weighted by molar-refractivity contribution is -0.151. The number of carbonyl (C=O) groups excluding carboxylic acids is 2. The Labute approximate surface area is 187 Å². The van der Waals surface area contributed by atoms with Gasteiger partial charge in [0.25, 0.3) is 5.91 Å². The molecule has 2 N–H and O–H groups in total. The van der Waals surface area contributed by atoms with Crippen LogP contribution < -0.4 is 0 Å². The summed E-state index contributed by atoms with van der Waals surface area (Å²) < 4.78 is 0. The second kappa shape index (κ2) is 7.32.